The van der Waals surface area contributed by atoms with Gasteiger partial charge in [-0.2, -0.15) is 0 Å². The van der Waals surface area contributed by atoms with Gasteiger partial charge < -0.3 is 24.8 Å². The summed E-state index contributed by atoms with van der Waals surface area (Å²) in [7, 11) is 1.74. The number of benzene rings is 1. The van der Waals surface area contributed by atoms with Gasteiger partial charge in [-0.15, -0.1) is 24.0 Å². The number of aromatic nitrogens is 1. The van der Waals surface area contributed by atoms with Gasteiger partial charge in [0.2, 0.25) is 6.79 Å². The molecule has 3 rings (SSSR count). The first-order valence-electron chi connectivity index (χ1n) is 8.22. The van der Waals surface area contributed by atoms with E-state index in [-0.39, 0.29) is 30.8 Å². The molecule has 0 amide bonds. The molecule has 1 aliphatic heterocycles. The highest BCUT2D eigenvalue weighted by atomic mass is 127. The fourth-order valence-electron chi connectivity index (χ4n) is 2.38. The maximum Gasteiger partial charge on any atom is 0.231 e. The number of guanidine groups is 1. The number of nitrogens with one attached hydrogen (secondary N) is 2. The molecular formula is C18H23IN4O3. The van der Waals surface area contributed by atoms with Crippen LogP contribution in [0.5, 0.6) is 17.2 Å². The van der Waals surface area contributed by atoms with E-state index in [0.717, 1.165) is 41.9 Å². The molecule has 1 aromatic heterocycles. The van der Waals surface area contributed by atoms with E-state index in [1.165, 1.54) is 0 Å². The third-order valence-electron chi connectivity index (χ3n) is 3.63. The van der Waals surface area contributed by atoms with Crippen LogP contribution < -0.4 is 24.8 Å². The number of halogens is 1. The zero-order valence-electron chi connectivity index (χ0n) is 14.6. The van der Waals surface area contributed by atoms with Gasteiger partial charge in [-0.1, -0.05) is 6.07 Å². The van der Waals surface area contributed by atoms with Gasteiger partial charge in [0.25, 0.3) is 0 Å². The fraction of sp³-hybridized carbons (Fsp3) is 0.333. The monoisotopic (exact) mass is 470 g/mol. The number of pyridine rings is 1. The lowest BCUT2D eigenvalue weighted by atomic mass is 10.3. The summed E-state index contributed by atoms with van der Waals surface area (Å²) in [6.07, 6.45) is 2.64. The highest BCUT2D eigenvalue weighted by Gasteiger charge is 2.13. The van der Waals surface area contributed by atoms with Gasteiger partial charge in [0.05, 0.1) is 6.54 Å². The first-order valence-corrected chi connectivity index (χ1v) is 8.22. The van der Waals surface area contributed by atoms with Crippen LogP contribution in [0.1, 0.15) is 5.69 Å². The van der Waals surface area contributed by atoms with Gasteiger partial charge >= 0.3 is 0 Å². The molecule has 2 heterocycles. The van der Waals surface area contributed by atoms with Gasteiger partial charge in [-0.3, -0.25) is 9.98 Å². The molecule has 1 aliphatic rings. The minimum atomic E-state index is 0. The standard InChI is InChI=1S/C18H22N4O3.HI/c1-19-18(21-9-7-14-4-2-3-8-20-14)22-10-11-23-15-5-6-16-17(12-15)25-13-24-16;/h2-6,8,12H,7,9-11,13H2,1H3,(H2,19,21,22);1H. The molecule has 0 saturated heterocycles. The van der Waals surface area contributed by atoms with Crippen LogP contribution in [-0.4, -0.2) is 44.5 Å². The Bertz CT molecular complexity index is 713. The number of rotatable bonds is 7. The van der Waals surface area contributed by atoms with Crippen LogP contribution in [-0.2, 0) is 6.42 Å². The van der Waals surface area contributed by atoms with Crippen LogP contribution in [0.2, 0.25) is 0 Å². The SMILES string of the molecule is CN=C(NCCOc1ccc2c(c1)OCO2)NCCc1ccccn1.I. The highest BCUT2D eigenvalue weighted by molar-refractivity contribution is 14.0. The Morgan fingerprint density at radius 2 is 2.00 bits per heavy atom. The molecule has 2 N–H and O–H groups in total. The van der Waals surface area contributed by atoms with Crippen molar-refractivity contribution in [3.8, 4) is 17.2 Å². The van der Waals surface area contributed by atoms with Crippen LogP contribution >= 0.6 is 24.0 Å². The van der Waals surface area contributed by atoms with Gasteiger partial charge in [0.1, 0.15) is 12.4 Å². The number of hydrogen-bond acceptors (Lipinski definition) is 5. The molecular weight excluding hydrogens is 447 g/mol. The number of hydrogen-bond donors (Lipinski definition) is 2. The van der Waals surface area contributed by atoms with E-state index in [1.54, 1.807) is 13.2 Å². The number of fused-ring (bicyclic) bond motifs is 1. The second-order valence-corrected chi connectivity index (χ2v) is 5.36. The molecule has 0 saturated carbocycles. The molecule has 2 aromatic rings. The Kier molecular flexibility index (Phi) is 8.26. The summed E-state index contributed by atoms with van der Waals surface area (Å²) < 4.78 is 16.3. The molecule has 26 heavy (non-hydrogen) atoms. The number of ether oxygens (including phenoxy) is 3. The zero-order valence-corrected chi connectivity index (χ0v) is 16.9. The van der Waals surface area contributed by atoms with Gasteiger partial charge in [-0.05, 0) is 24.3 Å². The summed E-state index contributed by atoms with van der Waals surface area (Å²) >= 11 is 0. The van der Waals surface area contributed by atoms with E-state index in [4.69, 9.17) is 14.2 Å². The molecule has 0 atom stereocenters. The molecule has 1 aromatic carbocycles. The van der Waals surface area contributed by atoms with E-state index < -0.39 is 0 Å². The summed E-state index contributed by atoms with van der Waals surface area (Å²) in [5.41, 5.74) is 1.05. The number of aliphatic imine (C=N–C) groups is 1. The largest absolute Gasteiger partial charge is 0.492 e. The van der Waals surface area contributed by atoms with Crippen molar-refractivity contribution in [3.05, 3.63) is 48.3 Å². The topological polar surface area (TPSA) is 77.0 Å². The fourth-order valence-corrected chi connectivity index (χ4v) is 2.38. The van der Waals surface area contributed by atoms with Crippen LogP contribution in [0.15, 0.2) is 47.6 Å². The summed E-state index contributed by atoms with van der Waals surface area (Å²) in [5, 5.41) is 6.47. The van der Waals surface area contributed by atoms with Crippen LogP contribution in [0, 0.1) is 0 Å². The molecule has 0 unspecified atom stereocenters. The van der Waals surface area contributed by atoms with Crippen molar-refractivity contribution in [2.75, 3.05) is 33.5 Å². The quantitative estimate of drug-likeness (QED) is 0.280. The van der Waals surface area contributed by atoms with Crippen molar-refractivity contribution in [3.63, 3.8) is 0 Å². The predicted octanol–water partition coefficient (Wildman–Crippen LogP) is 2.21. The Labute approximate surface area is 170 Å². The van der Waals surface area contributed by atoms with E-state index in [1.807, 2.05) is 36.4 Å². The van der Waals surface area contributed by atoms with E-state index >= 15 is 0 Å². The molecule has 0 fully saturated rings. The van der Waals surface area contributed by atoms with Gasteiger partial charge in [0.15, 0.2) is 17.5 Å². The third kappa shape index (κ3) is 5.94. The lowest BCUT2D eigenvalue weighted by Gasteiger charge is -2.12. The minimum absolute atomic E-state index is 0. The second kappa shape index (κ2) is 10.7. The van der Waals surface area contributed by atoms with Crippen molar-refractivity contribution < 1.29 is 14.2 Å². The smallest absolute Gasteiger partial charge is 0.231 e. The van der Waals surface area contributed by atoms with Crippen LogP contribution in [0.4, 0.5) is 0 Å². The Morgan fingerprint density at radius 3 is 2.81 bits per heavy atom. The molecule has 0 spiro atoms. The van der Waals surface area contributed by atoms with Gasteiger partial charge in [0, 0.05) is 38.0 Å². The average molecular weight is 470 g/mol. The molecule has 0 radical (unpaired) electrons. The average Bonchev–Trinajstić information content (AvgIpc) is 3.12. The summed E-state index contributed by atoms with van der Waals surface area (Å²) in [5.74, 6) is 2.97. The van der Waals surface area contributed by atoms with Crippen molar-refractivity contribution in [2.24, 2.45) is 4.99 Å². The lowest BCUT2D eigenvalue weighted by molar-refractivity contribution is 0.173. The normalized spacial score (nSPS) is 12.3. The molecule has 7 nitrogen and oxygen atoms in total. The summed E-state index contributed by atoms with van der Waals surface area (Å²) in [4.78, 5) is 8.49. The van der Waals surface area contributed by atoms with Crippen LogP contribution in [0.3, 0.4) is 0 Å². The van der Waals surface area contributed by atoms with Crippen molar-refractivity contribution >= 4 is 29.9 Å². The molecule has 140 valence electrons. The predicted molar refractivity (Wildman–Crippen MR) is 111 cm³/mol. The van der Waals surface area contributed by atoms with Crippen molar-refractivity contribution in [1.29, 1.82) is 0 Å². The molecule has 0 aliphatic carbocycles. The zero-order chi connectivity index (χ0) is 17.3. The van der Waals surface area contributed by atoms with E-state index in [2.05, 4.69) is 20.6 Å². The number of nitrogens with zero attached hydrogens (tertiary/aromatic N) is 2. The second-order valence-electron chi connectivity index (χ2n) is 5.36. The first-order chi connectivity index (χ1) is 12.3. The lowest BCUT2D eigenvalue weighted by Crippen LogP contribution is -2.40. The highest BCUT2D eigenvalue weighted by Crippen LogP contribution is 2.34. The molecule has 8 heteroatoms. The Hall–Kier alpha value is -2.23. The van der Waals surface area contributed by atoms with Gasteiger partial charge in [-0.25, -0.2) is 0 Å². The minimum Gasteiger partial charge on any atom is -0.492 e. The first kappa shape index (κ1) is 20.1. The van der Waals surface area contributed by atoms with Crippen molar-refractivity contribution in [1.82, 2.24) is 15.6 Å². The Morgan fingerprint density at radius 1 is 1.15 bits per heavy atom. The van der Waals surface area contributed by atoms with E-state index in [9.17, 15) is 0 Å². The Balaban J connectivity index is 0.00000243. The van der Waals surface area contributed by atoms with Crippen LogP contribution in [0.25, 0.3) is 0 Å². The summed E-state index contributed by atoms with van der Waals surface area (Å²) in [6, 6.07) is 11.5. The molecule has 0 bridgehead atoms. The maximum absolute atomic E-state index is 5.71. The maximum atomic E-state index is 5.71. The summed E-state index contributed by atoms with van der Waals surface area (Å²) in [6.45, 7) is 2.18. The third-order valence-corrected chi connectivity index (χ3v) is 3.63. The van der Waals surface area contributed by atoms with E-state index in [0.29, 0.717) is 13.2 Å². The van der Waals surface area contributed by atoms with Crippen molar-refractivity contribution in [2.45, 2.75) is 6.42 Å².